The second kappa shape index (κ2) is 12.6. The third-order valence-corrected chi connectivity index (χ3v) is 5.29. The van der Waals surface area contributed by atoms with E-state index in [1.807, 2.05) is 7.05 Å². The fourth-order valence-electron chi connectivity index (χ4n) is 3.04. The smallest absolute Gasteiger partial charge is 0.191 e. The maximum absolute atomic E-state index is 4.32. The normalized spacial score (nSPS) is 17.9. The molecular formula is C21H38IN5. The zero-order valence-corrected chi connectivity index (χ0v) is 20.0. The van der Waals surface area contributed by atoms with Crippen molar-refractivity contribution in [3.63, 3.8) is 0 Å². The highest BCUT2D eigenvalue weighted by Gasteiger charge is 2.12. The molecule has 0 saturated carbocycles. The highest BCUT2D eigenvalue weighted by atomic mass is 127. The second-order valence-electron chi connectivity index (χ2n) is 7.85. The molecule has 0 aromatic heterocycles. The van der Waals surface area contributed by atoms with E-state index in [1.54, 1.807) is 0 Å². The van der Waals surface area contributed by atoms with Crippen molar-refractivity contribution < 1.29 is 0 Å². The lowest BCUT2D eigenvalue weighted by Gasteiger charge is -2.21. The molecule has 0 bridgehead atoms. The zero-order valence-electron chi connectivity index (χ0n) is 17.7. The molecule has 1 fully saturated rings. The van der Waals surface area contributed by atoms with E-state index in [1.165, 1.54) is 37.2 Å². The zero-order chi connectivity index (χ0) is 18.9. The first-order valence-electron chi connectivity index (χ1n) is 9.94. The summed E-state index contributed by atoms with van der Waals surface area (Å²) < 4.78 is 0. The Kier molecular flexibility index (Phi) is 11.3. The van der Waals surface area contributed by atoms with Gasteiger partial charge in [-0.3, -0.25) is 9.89 Å². The van der Waals surface area contributed by atoms with Gasteiger partial charge < -0.3 is 15.5 Å². The average Bonchev–Trinajstić information content (AvgIpc) is 2.83. The lowest BCUT2D eigenvalue weighted by Crippen LogP contribution is -2.43. The number of rotatable bonds is 6. The van der Waals surface area contributed by atoms with E-state index in [-0.39, 0.29) is 24.0 Å². The van der Waals surface area contributed by atoms with Crippen molar-refractivity contribution in [3.05, 3.63) is 35.4 Å². The van der Waals surface area contributed by atoms with Crippen molar-refractivity contribution in [2.24, 2.45) is 10.9 Å². The van der Waals surface area contributed by atoms with Crippen LogP contribution in [0.5, 0.6) is 0 Å². The number of aliphatic imine (C=N–C) groups is 1. The molecule has 5 nitrogen and oxygen atoms in total. The maximum Gasteiger partial charge on any atom is 0.191 e. The summed E-state index contributed by atoms with van der Waals surface area (Å²) in [6.45, 7) is 13.2. The van der Waals surface area contributed by atoms with Crippen molar-refractivity contribution in [1.82, 2.24) is 20.4 Å². The van der Waals surface area contributed by atoms with Crippen LogP contribution in [0.3, 0.4) is 0 Å². The monoisotopic (exact) mass is 487 g/mol. The lowest BCUT2D eigenvalue weighted by atomic mass is 10.1. The summed E-state index contributed by atoms with van der Waals surface area (Å²) in [6, 6.07) is 9.38. The van der Waals surface area contributed by atoms with E-state index < -0.39 is 0 Å². The van der Waals surface area contributed by atoms with E-state index in [0.717, 1.165) is 25.6 Å². The van der Waals surface area contributed by atoms with Crippen LogP contribution in [-0.2, 0) is 13.1 Å². The Morgan fingerprint density at radius 1 is 1.04 bits per heavy atom. The SMILES string of the molecule is CN=C(NCc1ccc(CN2CCCN(C)CC2)cc1)NC(C)C(C)C.I. The summed E-state index contributed by atoms with van der Waals surface area (Å²) in [5.74, 6) is 1.44. The molecule has 0 aliphatic carbocycles. The molecule has 1 aliphatic heterocycles. The number of nitrogens with one attached hydrogen (secondary N) is 2. The van der Waals surface area contributed by atoms with Crippen LogP contribution in [0.4, 0.5) is 0 Å². The predicted molar refractivity (Wildman–Crippen MR) is 127 cm³/mol. The second-order valence-corrected chi connectivity index (χ2v) is 7.85. The minimum Gasteiger partial charge on any atom is -0.354 e. The molecule has 6 heteroatoms. The molecule has 1 aliphatic rings. The van der Waals surface area contributed by atoms with E-state index in [2.05, 4.69) is 77.5 Å². The lowest BCUT2D eigenvalue weighted by molar-refractivity contribution is 0.269. The number of nitrogens with zero attached hydrogens (tertiary/aromatic N) is 3. The first-order valence-corrected chi connectivity index (χ1v) is 9.94. The van der Waals surface area contributed by atoms with Crippen LogP contribution in [0.2, 0.25) is 0 Å². The highest BCUT2D eigenvalue weighted by molar-refractivity contribution is 14.0. The van der Waals surface area contributed by atoms with Crippen LogP contribution in [0.15, 0.2) is 29.3 Å². The number of hydrogen-bond donors (Lipinski definition) is 2. The number of benzene rings is 1. The maximum atomic E-state index is 4.32. The van der Waals surface area contributed by atoms with Gasteiger partial charge in [0.15, 0.2) is 5.96 Å². The van der Waals surface area contributed by atoms with Gasteiger partial charge in [-0.1, -0.05) is 38.1 Å². The van der Waals surface area contributed by atoms with E-state index in [4.69, 9.17) is 0 Å². The third kappa shape index (κ3) is 8.79. The van der Waals surface area contributed by atoms with Gasteiger partial charge in [0.05, 0.1) is 0 Å². The Bertz CT molecular complexity index is 558. The van der Waals surface area contributed by atoms with E-state index in [0.29, 0.717) is 12.0 Å². The van der Waals surface area contributed by atoms with Crippen LogP contribution in [0.1, 0.15) is 38.3 Å². The largest absolute Gasteiger partial charge is 0.354 e. The van der Waals surface area contributed by atoms with Crippen molar-refractivity contribution in [3.8, 4) is 0 Å². The number of likely N-dealkylation sites (N-methyl/N-ethyl adjacent to an activating group) is 1. The van der Waals surface area contributed by atoms with E-state index >= 15 is 0 Å². The molecule has 0 amide bonds. The molecule has 1 unspecified atom stereocenters. The topological polar surface area (TPSA) is 42.9 Å². The molecule has 1 atom stereocenters. The molecule has 2 rings (SSSR count). The fraction of sp³-hybridized carbons (Fsp3) is 0.667. The van der Waals surface area contributed by atoms with Gasteiger partial charge in [-0.25, -0.2) is 0 Å². The van der Waals surface area contributed by atoms with Crippen molar-refractivity contribution in [2.75, 3.05) is 40.3 Å². The minimum absolute atomic E-state index is 0. The summed E-state index contributed by atoms with van der Waals surface area (Å²) in [7, 11) is 4.04. The average molecular weight is 487 g/mol. The Hall–Kier alpha value is -0.860. The van der Waals surface area contributed by atoms with Crippen LogP contribution >= 0.6 is 24.0 Å². The van der Waals surface area contributed by atoms with Gasteiger partial charge in [0.25, 0.3) is 0 Å². The van der Waals surface area contributed by atoms with Gasteiger partial charge in [-0.15, -0.1) is 24.0 Å². The van der Waals surface area contributed by atoms with Crippen LogP contribution in [0, 0.1) is 5.92 Å². The van der Waals surface area contributed by atoms with Gasteiger partial charge in [-0.05, 0) is 50.5 Å². The van der Waals surface area contributed by atoms with Gasteiger partial charge in [0.1, 0.15) is 0 Å². The van der Waals surface area contributed by atoms with Crippen LogP contribution in [0.25, 0.3) is 0 Å². The first-order chi connectivity index (χ1) is 12.5. The molecule has 1 aromatic rings. The summed E-state index contributed by atoms with van der Waals surface area (Å²) in [6.07, 6.45) is 1.26. The summed E-state index contributed by atoms with van der Waals surface area (Å²) in [5, 5.41) is 6.85. The molecule has 1 saturated heterocycles. The van der Waals surface area contributed by atoms with Crippen molar-refractivity contribution in [1.29, 1.82) is 0 Å². The molecule has 0 radical (unpaired) electrons. The summed E-state index contributed by atoms with van der Waals surface area (Å²) in [4.78, 5) is 9.31. The number of hydrogen-bond acceptors (Lipinski definition) is 3. The molecule has 154 valence electrons. The molecule has 2 N–H and O–H groups in total. The Morgan fingerprint density at radius 3 is 2.33 bits per heavy atom. The van der Waals surface area contributed by atoms with Gasteiger partial charge in [0.2, 0.25) is 0 Å². The Morgan fingerprint density at radius 2 is 1.70 bits per heavy atom. The number of halogens is 1. The molecule has 0 spiro atoms. The van der Waals surface area contributed by atoms with Crippen molar-refractivity contribution in [2.45, 2.75) is 46.3 Å². The molecular weight excluding hydrogens is 449 g/mol. The van der Waals surface area contributed by atoms with Gasteiger partial charge in [0, 0.05) is 39.3 Å². The molecule has 27 heavy (non-hydrogen) atoms. The Labute approximate surface area is 183 Å². The van der Waals surface area contributed by atoms with E-state index in [9.17, 15) is 0 Å². The fourth-order valence-corrected chi connectivity index (χ4v) is 3.04. The third-order valence-electron chi connectivity index (χ3n) is 5.29. The van der Waals surface area contributed by atoms with Gasteiger partial charge >= 0.3 is 0 Å². The minimum atomic E-state index is 0. The highest BCUT2D eigenvalue weighted by Crippen LogP contribution is 2.10. The van der Waals surface area contributed by atoms with Crippen LogP contribution in [-0.4, -0.2) is 62.1 Å². The summed E-state index contributed by atoms with van der Waals surface area (Å²) >= 11 is 0. The predicted octanol–water partition coefficient (Wildman–Crippen LogP) is 3.15. The quantitative estimate of drug-likeness (QED) is 0.368. The van der Waals surface area contributed by atoms with Gasteiger partial charge in [-0.2, -0.15) is 0 Å². The first kappa shape index (κ1) is 24.2. The number of guanidine groups is 1. The van der Waals surface area contributed by atoms with Crippen LogP contribution < -0.4 is 10.6 Å². The molecule has 1 heterocycles. The Balaban J connectivity index is 0.00000364. The standard InChI is InChI=1S/C21H37N5.HI/c1-17(2)18(3)24-21(22-4)23-15-19-7-9-20(10-8-19)16-26-12-6-11-25(5)13-14-26;/h7-10,17-18H,6,11-16H2,1-5H3,(H2,22,23,24);1H. The van der Waals surface area contributed by atoms with Crippen molar-refractivity contribution >= 4 is 29.9 Å². The summed E-state index contributed by atoms with van der Waals surface area (Å²) in [5.41, 5.74) is 2.68. The molecule has 1 aromatic carbocycles.